The van der Waals surface area contributed by atoms with Gasteiger partial charge in [0.2, 0.25) is 5.91 Å². The predicted octanol–water partition coefficient (Wildman–Crippen LogP) is 1.81. The predicted molar refractivity (Wildman–Crippen MR) is 94.4 cm³/mol. The molecule has 2 aliphatic heterocycles. The number of hydrogen-bond donors (Lipinski definition) is 1. The number of hydrogen-bond acceptors (Lipinski definition) is 4. The summed E-state index contributed by atoms with van der Waals surface area (Å²) in [5.74, 6) is 1.57. The van der Waals surface area contributed by atoms with Gasteiger partial charge >= 0.3 is 0 Å². The first-order chi connectivity index (χ1) is 12.1. The molecule has 3 fully saturated rings. The molecule has 0 spiro atoms. The molecule has 2 saturated heterocycles. The molecule has 1 aliphatic carbocycles. The lowest BCUT2D eigenvalue weighted by Crippen LogP contribution is -2.48. The van der Waals surface area contributed by atoms with Gasteiger partial charge < -0.3 is 15.4 Å². The van der Waals surface area contributed by atoms with Gasteiger partial charge in [-0.15, -0.1) is 0 Å². The summed E-state index contributed by atoms with van der Waals surface area (Å²) < 4.78 is 19.2. The standard InChI is InChI=1S/C19H26FN3O2/c1-25-15-5-3-14(4-6-15)22-9-12-2-7-17(16(12)11-22)23-10-13(20)8-18(23)19(21)24/h3-6,12-13,16-18H,2,7-11H2,1H3,(H2,21,24)/t12-,13-,16+,17+,18+/m1/s1. The number of fused-ring (bicyclic) bond motifs is 1. The van der Waals surface area contributed by atoms with Crippen molar-refractivity contribution < 1.29 is 13.9 Å². The van der Waals surface area contributed by atoms with Crippen LogP contribution < -0.4 is 15.4 Å². The number of alkyl halides is 1. The number of carbonyl (C=O) groups is 1. The van der Waals surface area contributed by atoms with Crippen LogP contribution in [0.25, 0.3) is 0 Å². The second-order valence-electron chi connectivity index (χ2n) is 7.62. The Kier molecular flexibility index (Phi) is 4.31. The summed E-state index contributed by atoms with van der Waals surface area (Å²) in [6.07, 6.45) is 1.50. The van der Waals surface area contributed by atoms with Gasteiger partial charge in [0, 0.05) is 37.8 Å². The van der Waals surface area contributed by atoms with E-state index in [9.17, 15) is 9.18 Å². The minimum atomic E-state index is -0.935. The van der Waals surface area contributed by atoms with Gasteiger partial charge in [0.15, 0.2) is 0 Å². The molecular formula is C19H26FN3O2. The summed E-state index contributed by atoms with van der Waals surface area (Å²) in [5.41, 5.74) is 6.73. The van der Waals surface area contributed by atoms with Crippen molar-refractivity contribution in [3.63, 3.8) is 0 Å². The van der Waals surface area contributed by atoms with Gasteiger partial charge in [-0.05, 0) is 48.9 Å². The lowest BCUT2D eigenvalue weighted by molar-refractivity contribution is -0.123. The van der Waals surface area contributed by atoms with Crippen LogP contribution >= 0.6 is 0 Å². The van der Waals surface area contributed by atoms with Crippen molar-refractivity contribution >= 4 is 11.6 Å². The van der Waals surface area contributed by atoms with Crippen LogP contribution in [0.15, 0.2) is 24.3 Å². The van der Waals surface area contributed by atoms with E-state index in [1.54, 1.807) is 7.11 Å². The van der Waals surface area contributed by atoms with Gasteiger partial charge in [-0.2, -0.15) is 0 Å². The number of nitrogens with two attached hydrogens (primary N) is 1. The van der Waals surface area contributed by atoms with Gasteiger partial charge in [0.05, 0.1) is 13.2 Å². The van der Waals surface area contributed by atoms with Crippen LogP contribution in [-0.2, 0) is 4.79 Å². The molecule has 3 aliphatic rings. The van der Waals surface area contributed by atoms with Crippen molar-refractivity contribution in [3.8, 4) is 5.75 Å². The highest BCUT2D eigenvalue weighted by atomic mass is 19.1. The molecule has 2 heterocycles. The van der Waals surface area contributed by atoms with E-state index in [1.165, 1.54) is 5.69 Å². The molecule has 0 unspecified atom stereocenters. The zero-order chi connectivity index (χ0) is 17.6. The number of halogens is 1. The third-order valence-electron chi connectivity index (χ3n) is 6.30. The molecule has 1 aromatic carbocycles. The van der Waals surface area contributed by atoms with Crippen LogP contribution in [0, 0.1) is 11.8 Å². The van der Waals surface area contributed by atoms with Crippen LogP contribution in [-0.4, -0.2) is 55.8 Å². The summed E-state index contributed by atoms with van der Waals surface area (Å²) in [6.45, 7) is 2.34. The van der Waals surface area contributed by atoms with E-state index in [1.807, 2.05) is 12.1 Å². The van der Waals surface area contributed by atoms with Gasteiger partial charge in [-0.25, -0.2) is 4.39 Å². The van der Waals surface area contributed by atoms with E-state index in [0.29, 0.717) is 18.4 Å². The molecule has 0 aromatic heterocycles. The first kappa shape index (κ1) is 16.6. The number of primary amides is 1. The third-order valence-corrected chi connectivity index (χ3v) is 6.30. The zero-order valence-corrected chi connectivity index (χ0v) is 14.6. The Morgan fingerprint density at radius 1 is 1.20 bits per heavy atom. The number of nitrogens with zero attached hydrogens (tertiary/aromatic N) is 2. The van der Waals surface area contributed by atoms with Crippen molar-refractivity contribution in [2.45, 2.75) is 37.5 Å². The lowest BCUT2D eigenvalue weighted by atomic mass is 9.96. The second kappa shape index (κ2) is 6.48. The molecule has 5 atom stereocenters. The first-order valence-electron chi connectivity index (χ1n) is 9.15. The second-order valence-corrected chi connectivity index (χ2v) is 7.62. The molecule has 25 heavy (non-hydrogen) atoms. The van der Waals surface area contributed by atoms with E-state index in [4.69, 9.17) is 10.5 Å². The Morgan fingerprint density at radius 3 is 2.64 bits per heavy atom. The molecule has 1 saturated carbocycles. The van der Waals surface area contributed by atoms with Gasteiger partial charge in [0.1, 0.15) is 11.9 Å². The van der Waals surface area contributed by atoms with Crippen molar-refractivity contribution in [2.24, 2.45) is 17.6 Å². The summed E-state index contributed by atoms with van der Waals surface area (Å²) in [5, 5.41) is 0. The quantitative estimate of drug-likeness (QED) is 0.902. The third kappa shape index (κ3) is 2.97. The Hall–Kier alpha value is -1.82. The molecule has 2 N–H and O–H groups in total. The largest absolute Gasteiger partial charge is 0.497 e. The number of anilines is 1. The number of methoxy groups -OCH3 is 1. The summed E-state index contributed by atoms with van der Waals surface area (Å²) in [7, 11) is 1.67. The van der Waals surface area contributed by atoms with Crippen LogP contribution in [0.5, 0.6) is 5.75 Å². The topological polar surface area (TPSA) is 58.8 Å². The van der Waals surface area contributed by atoms with E-state index in [0.717, 1.165) is 31.7 Å². The smallest absolute Gasteiger partial charge is 0.234 e. The van der Waals surface area contributed by atoms with Crippen LogP contribution in [0.2, 0.25) is 0 Å². The Bertz CT molecular complexity index is 638. The highest BCUT2D eigenvalue weighted by Gasteiger charge is 2.49. The molecule has 0 bridgehead atoms. The van der Waals surface area contributed by atoms with Gasteiger partial charge in [-0.3, -0.25) is 9.69 Å². The van der Waals surface area contributed by atoms with E-state index < -0.39 is 12.2 Å². The SMILES string of the molecule is COc1ccc(N2C[C@H]3CC[C@H](N4C[C@H](F)C[C@H]4C(N)=O)[C@H]3C2)cc1. The highest BCUT2D eigenvalue weighted by Crippen LogP contribution is 2.44. The Balaban J connectivity index is 1.48. The fourth-order valence-corrected chi connectivity index (χ4v) is 5.11. The highest BCUT2D eigenvalue weighted by molar-refractivity contribution is 5.80. The Labute approximate surface area is 147 Å². The normalized spacial score (nSPS) is 35.1. The van der Waals surface area contributed by atoms with Gasteiger partial charge in [0.25, 0.3) is 0 Å². The van der Waals surface area contributed by atoms with E-state index >= 15 is 0 Å². The van der Waals surface area contributed by atoms with Crippen molar-refractivity contribution in [3.05, 3.63) is 24.3 Å². The van der Waals surface area contributed by atoms with Crippen LogP contribution in [0.1, 0.15) is 19.3 Å². The minimum absolute atomic E-state index is 0.255. The van der Waals surface area contributed by atoms with Crippen molar-refractivity contribution in [1.82, 2.24) is 4.90 Å². The molecule has 5 nitrogen and oxygen atoms in total. The molecule has 136 valence electrons. The molecule has 0 radical (unpaired) electrons. The maximum atomic E-state index is 13.9. The lowest BCUT2D eigenvalue weighted by Gasteiger charge is -2.33. The molecule has 1 amide bonds. The fraction of sp³-hybridized carbons (Fsp3) is 0.632. The van der Waals surface area contributed by atoms with E-state index in [2.05, 4.69) is 21.9 Å². The maximum Gasteiger partial charge on any atom is 0.234 e. The number of likely N-dealkylation sites (tertiary alicyclic amines) is 1. The maximum absolute atomic E-state index is 13.9. The molecular weight excluding hydrogens is 321 g/mol. The van der Waals surface area contributed by atoms with Crippen LogP contribution in [0.4, 0.5) is 10.1 Å². The number of carbonyl (C=O) groups excluding carboxylic acids is 1. The van der Waals surface area contributed by atoms with Crippen molar-refractivity contribution in [1.29, 1.82) is 0 Å². The number of benzene rings is 1. The summed E-state index contributed by atoms with van der Waals surface area (Å²) in [6, 6.07) is 7.99. The Morgan fingerprint density at radius 2 is 1.96 bits per heavy atom. The molecule has 1 aromatic rings. The summed E-state index contributed by atoms with van der Waals surface area (Å²) in [4.78, 5) is 16.2. The molecule has 6 heteroatoms. The number of ether oxygens (including phenoxy) is 1. The zero-order valence-electron chi connectivity index (χ0n) is 14.6. The summed E-state index contributed by atoms with van der Waals surface area (Å²) >= 11 is 0. The first-order valence-corrected chi connectivity index (χ1v) is 9.15. The van der Waals surface area contributed by atoms with Crippen molar-refractivity contribution in [2.75, 3.05) is 31.6 Å². The van der Waals surface area contributed by atoms with E-state index in [-0.39, 0.29) is 18.4 Å². The average molecular weight is 347 g/mol. The van der Waals surface area contributed by atoms with Crippen LogP contribution in [0.3, 0.4) is 0 Å². The number of amides is 1. The number of rotatable bonds is 4. The fourth-order valence-electron chi connectivity index (χ4n) is 5.11. The van der Waals surface area contributed by atoms with Gasteiger partial charge in [-0.1, -0.05) is 0 Å². The minimum Gasteiger partial charge on any atom is -0.497 e. The monoisotopic (exact) mass is 347 g/mol. The average Bonchev–Trinajstić information content (AvgIpc) is 3.28. The molecule has 4 rings (SSSR count).